The third-order valence-electron chi connectivity index (χ3n) is 4.52. The molecule has 3 aromatic rings. The van der Waals surface area contributed by atoms with Crippen LogP contribution >= 0.6 is 0 Å². The van der Waals surface area contributed by atoms with Crippen LogP contribution in [0.15, 0.2) is 45.6 Å². The van der Waals surface area contributed by atoms with Crippen LogP contribution in [0, 0.1) is 0 Å². The number of hydrogen-bond donors (Lipinski definition) is 1. The molecule has 1 fully saturated rings. The van der Waals surface area contributed by atoms with Crippen LogP contribution in [-0.2, 0) is 0 Å². The maximum absolute atomic E-state index is 12.1. The average Bonchev–Trinajstić information content (AvgIpc) is 2.55. The molecule has 1 aliphatic rings. The molecule has 1 aliphatic carbocycles. The van der Waals surface area contributed by atoms with Gasteiger partial charge in [-0.3, -0.25) is 0 Å². The molecule has 0 aliphatic heterocycles. The van der Waals surface area contributed by atoms with E-state index in [0.717, 1.165) is 29.4 Å². The van der Waals surface area contributed by atoms with Gasteiger partial charge in [0.25, 0.3) is 0 Å². The summed E-state index contributed by atoms with van der Waals surface area (Å²) in [6, 6.07) is 10.3. The first-order chi connectivity index (χ1) is 11.2. The molecule has 2 aromatic carbocycles. The lowest BCUT2D eigenvalue weighted by atomic mass is 9.98. The summed E-state index contributed by atoms with van der Waals surface area (Å²) in [4.78, 5) is 12.1. The maximum Gasteiger partial charge on any atom is 0.344 e. The number of aromatic hydroxyl groups is 1. The van der Waals surface area contributed by atoms with E-state index in [2.05, 4.69) is 0 Å². The maximum atomic E-state index is 12.1. The molecule has 1 N–H and O–H groups in total. The van der Waals surface area contributed by atoms with Crippen LogP contribution in [0.4, 0.5) is 0 Å². The van der Waals surface area contributed by atoms with Gasteiger partial charge in [-0.15, -0.1) is 0 Å². The highest BCUT2D eigenvalue weighted by Crippen LogP contribution is 2.30. The molecular weight excluding hydrogens is 292 g/mol. The molecule has 0 amide bonds. The van der Waals surface area contributed by atoms with Crippen LogP contribution in [0.5, 0.6) is 11.5 Å². The van der Waals surface area contributed by atoms with Gasteiger partial charge in [-0.2, -0.15) is 0 Å². The van der Waals surface area contributed by atoms with Gasteiger partial charge >= 0.3 is 5.63 Å². The molecule has 23 heavy (non-hydrogen) atoms. The zero-order valence-corrected chi connectivity index (χ0v) is 12.7. The SMILES string of the molecule is O=c1oc2cc(O)ccc2c2cc(OC3CCCCC3)ccc12. The van der Waals surface area contributed by atoms with E-state index in [1.165, 1.54) is 25.3 Å². The number of hydrogen-bond acceptors (Lipinski definition) is 4. The van der Waals surface area contributed by atoms with Gasteiger partial charge in [0.15, 0.2) is 0 Å². The van der Waals surface area contributed by atoms with Crippen molar-refractivity contribution in [3.05, 3.63) is 46.8 Å². The number of ether oxygens (including phenoxy) is 1. The number of phenols is 1. The summed E-state index contributed by atoms with van der Waals surface area (Å²) in [6.07, 6.45) is 6.14. The minimum absolute atomic E-state index is 0.0783. The Morgan fingerprint density at radius 1 is 0.957 bits per heavy atom. The van der Waals surface area contributed by atoms with Crippen molar-refractivity contribution in [1.29, 1.82) is 0 Å². The van der Waals surface area contributed by atoms with E-state index in [-0.39, 0.29) is 11.9 Å². The molecule has 4 rings (SSSR count). The standard InChI is InChI=1S/C19H18O4/c20-12-6-8-15-17-11-14(22-13-4-2-1-3-5-13)7-9-16(17)19(21)23-18(15)10-12/h6-11,13,20H,1-5H2. The largest absolute Gasteiger partial charge is 0.508 e. The fraction of sp³-hybridized carbons (Fsp3) is 0.316. The van der Waals surface area contributed by atoms with Crippen LogP contribution in [0.3, 0.4) is 0 Å². The highest BCUT2D eigenvalue weighted by Gasteiger charge is 2.16. The van der Waals surface area contributed by atoms with Gasteiger partial charge in [-0.1, -0.05) is 6.42 Å². The first-order valence-corrected chi connectivity index (χ1v) is 8.07. The van der Waals surface area contributed by atoms with E-state index in [1.807, 2.05) is 12.1 Å². The average molecular weight is 310 g/mol. The number of fused-ring (bicyclic) bond motifs is 3. The predicted molar refractivity (Wildman–Crippen MR) is 89.2 cm³/mol. The molecule has 0 saturated heterocycles. The molecular formula is C19H18O4. The third-order valence-corrected chi connectivity index (χ3v) is 4.52. The fourth-order valence-electron chi connectivity index (χ4n) is 3.35. The number of rotatable bonds is 2. The smallest absolute Gasteiger partial charge is 0.344 e. The molecule has 1 heterocycles. The zero-order valence-electron chi connectivity index (χ0n) is 12.7. The Kier molecular flexibility index (Phi) is 3.45. The predicted octanol–water partition coefficient (Wildman–Crippen LogP) is 4.36. The molecule has 4 heteroatoms. The summed E-state index contributed by atoms with van der Waals surface area (Å²) >= 11 is 0. The van der Waals surface area contributed by atoms with Crippen LogP contribution in [-0.4, -0.2) is 11.2 Å². The van der Waals surface area contributed by atoms with Crippen molar-refractivity contribution in [2.45, 2.75) is 38.2 Å². The molecule has 0 bridgehead atoms. The molecule has 1 aromatic heterocycles. The quantitative estimate of drug-likeness (QED) is 0.564. The molecule has 0 atom stereocenters. The van der Waals surface area contributed by atoms with Gasteiger partial charge in [0, 0.05) is 16.8 Å². The van der Waals surface area contributed by atoms with Gasteiger partial charge in [0.1, 0.15) is 17.1 Å². The second-order valence-electron chi connectivity index (χ2n) is 6.16. The lowest BCUT2D eigenvalue weighted by Gasteiger charge is -2.23. The van der Waals surface area contributed by atoms with Gasteiger partial charge < -0.3 is 14.3 Å². The van der Waals surface area contributed by atoms with Crippen LogP contribution < -0.4 is 10.4 Å². The van der Waals surface area contributed by atoms with Crippen LogP contribution in [0.1, 0.15) is 32.1 Å². The zero-order chi connectivity index (χ0) is 15.8. The van der Waals surface area contributed by atoms with Gasteiger partial charge in [-0.25, -0.2) is 4.79 Å². The Hall–Kier alpha value is -2.49. The Bertz CT molecular complexity index is 920. The molecule has 4 nitrogen and oxygen atoms in total. The lowest BCUT2D eigenvalue weighted by molar-refractivity contribution is 0.155. The van der Waals surface area contributed by atoms with E-state index in [0.29, 0.717) is 11.0 Å². The topological polar surface area (TPSA) is 59.7 Å². The molecule has 0 radical (unpaired) electrons. The van der Waals surface area contributed by atoms with Crippen molar-refractivity contribution in [3.8, 4) is 11.5 Å². The first kappa shape index (κ1) is 14.1. The summed E-state index contributed by atoms with van der Waals surface area (Å²) in [5, 5.41) is 11.7. The lowest BCUT2D eigenvalue weighted by Crippen LogP contribution is -2.19. The highest BCUT2D eigenvalue weighted by molar-refractivity contribution is 6.05. The number of benzene rings is 2. The third kappa shape index (κ3) is 2.65. The normalized spacial score (nSPS) is 16.0. The molecule has 0 spiro atoms. The summed E-state index contributed by atoms with van der Waals surface area (Å²) in [7, 11) is 0. The summed E-state index contributed by atoms with van der Waals surface area (Å²) in [5.74, 6) is 0.860. The summed E-state index contributed by atoms with van der Waals surface area (Å²) in [5.41, 5.74) is -0.0142. The Labute approximate surface area is 133 Å². The van der Waals surface area contributed by atoms with Gasteiger partial charge in [-0.05, 0) is 56.0 Å². The van der Waals surface area contributed by atoms with E-state index in [4.69, 9.17) is 9.15 Å². The second kappa shape index (κ2) is 5.61. The highest BCUT2D eigenvalue weighted by atomic mass is 16.5. The van der Waals surface area contributed by atoms with E-state index < -0.39 is 5.63 Å². The molecule has 118 valence electrons. The van der Waals surface area contributed by atoms with E-state index >= 15 is 0 Å². The minimum atomic E-state index is -0.401. The second-order valence-corrected chi connectivity index (χ2v) is 6.16. The Balaban J connectivity index is 1.82. The molecule has 0 unspecified atom stereocenters. The van der Waals surface area contributed by atoms with E-state index in [1.54, 1.807) is 18.2 Å². The minimum Gasteiger partial charge on any atom is -0.508 e. The van der Waals surface area contributed by atoms with Crippen molar-refractivity contribution in [1.82, 2.24) is 0 Å². The van der Waals surface area contributed by atoms with Crippen molar-refractivity contribution in [3.63, 3.8) is 0 Å². The number of phenolic OH excluding ortho intramolecular Hbond substituents is 1. The van der Waals surface area contributed by atoms with Crippen molar-refractivity contribution < 1.29 is 14.3 Å². The van der Waals surface area contributed by atoms with Crippen LogP contribution in [0.2, 0.25) is 0 Å². The first-order valence-electron chi connectivity index (χ1n) is 8.07. The van der Waals surface area contributed by atoms with Crippen molar-refractivity contribution >= 4 is 21.7 Å². The van der Waals surface area contributed by atoms with Crippen molar-refractivity contribution in [2.24, 2.45) is 0 Å². The molecule has 1 saturated carbocycles. The van der Waals surface area contributed by atoms with Crippen molar-refractivity contribution in [2.75, 3.05) is 0 Å². The fourth-order valence-corrected chi connectivity index (χ4v) is 3.35. The summed E-state index contributed by atoms with van der Waals surface area (Å²) < 4.78 is 11.4. The van der Waals surface area contributed by atoms with Gasteiger partial charge in [0.2, 0.25) is 0 Å². The monoisotopic (exact) mass is 310 g/mol. The van der Waals surface area contributed by atoms with Crippen LogP contribution in [0.25, 0.3) is 21.7 Å². The Morgan fingerprint density at radius 2 is 1.74 bits per heavy atom. The van der Waals surface area contributed by atoms with E-state index in [9.17, 15) is 9.90 Å². The Morgan fingerprint density at radius 3 is 2.57 bits per heavy atom. The van der Waals surface area contributed by atoms with Gasteiger partial charge in [0.05, 0.1) is 11.5 Å². The summed E-state index contributed by atoms with van der Waals surface area (Å²) in [6.45, 7) is 0.